The molecule has 1 N–H and O–H groups in total. The van der Waals surface area contributed by atoms with Crippen molar-refractivity contribution in [3.8, 4) is 0 Å². The van der Waals surface area contributed by atoms with Crippen molar-refractivity contribution in [1.82, 2.24) is 15.1 Å². The Balaban J connectivity index is 1.77. The summed E-state index contributed by atoms with van der Waals surface area (Å²) in [6.45, 7) is 11.9. The highest BCUT2D eigenvalue weighted by Crippen LogP contribution is 2.27. The maximum atomic E-state index is 12.3. The molecule has 2 bridgehead atoms. The number of amides is 1. The Morgan fingerprint density at radius 2 is 1.96 bits per heavy atom. The zero-order chi connectivity index (χ0) is 16.9. The van der Waals surface area contributed by atoms with Crippen LogP contribution in [0.3, 0.4) is 0 Å². The number of carbonyl (C=O) groups is 1. The van der Waals surface area contributed by atoms with Crippen LogP contribution >= 0.6 is 0 Å². The average Bonchev–Trinajstić information content (AvgIpc) is 2.50. The van der Waals surface area contributed by atoms with E-state index in [1.165, 1.54) is 25.9 Å². The Labute approximate surface area is 140 Å². The number of carbonyl (C=O) groups excluding carboxylic acids is 1. The molecule has 0 spiro atoms. The summed E-state index contributed by atoms with van der Waals surface area (Å²) in [6, 6.07) is 0.570. The van der Waals surface area contributed by atoms with Gasteiger partial charge in [0.05, 0.1) is 6.61 Å². The van der Waals surface area contributed by atoms with E-state index in [0.29, 0.717) is 25.7 Å². The number of hydrogen-bond donors (Lipinski definition) is 1. The SMILES string of the molecule is COCCN(CCNC1CN2CCC1CC2)C(=O)OC(C)(C)C. The highest BCUT2D eigenvalue weighted by atomic mass is 16.6. The zero-order valence-electron chi connectivity index (χ0n) is 15.1. The highest BCUT2D eigenvalue weighted by Gasteiger charge is 2.33. The van der Waals surface area contributed by atoms with Gasteiger partial charge in [0.15, 0.2) is 0 Å². The van der Waals surface area contributed by atoms with Gasteiger partial charge >= 0.3 is 6.09 Å². The monoisotopic (exact) mass is 327 g/mol. The average molecular weight is 327 g/mol. The van der Waals surface area contributed by atoms with Gasteiger partial charge < -0.3 is 24.6 Å². The molecule has 6 nitrogen and oxygen atoms in total. The fourth-order valence-corrected chi connectivity index (χ4v) is 3.40. The van der Waals surface area contributed by atoms with Crippen LogP contribution in [0, 0.1) is 5.92 Å². The number of ether oxygens (including phenoxy) is 2. The molecule has 3 fully saturated rings. The number of nitrogens with one attached hydrogen (secondary N) is 1. The fourth-order valence-electron chi connectivity index (χ4n) is 3.40. The van der Waals surface area contributed by atoms with Crippen molar-refractivity contribution in [1.29, 1.82) is 0 Å². The van der Waals surface area contributed by atoms with Crippen molar-refractivity contribution in [3.05, 3.63) is 0 Å². The summed E-state index contributed by atoms with van der Waals surface area (Å²) >= 11 is 0. The second-order valence-corrected chi connectivity index (χ2v) is 7.66. The lowest BCUT2D eigenvalue weighted by Crippen LogP contribution is -2.57. The summed E-state index contributed by atoms with van der Waals surface area (Å²) in [6.07, 6.45) is 2.35. The molecule has 0 radical (unpaired) electrons. The Morgan fingerprint density at radius 1 is 1.26 bits per heavy atom. The Kier molecular flexibility index (Phi) is 6.68. The van der Waals surface area contributed by atoms with Gasteiger partial charge in [-0.3, -0.25) is 0 Å². The normalized spacial score (nSPS) is 27.0. The molecule has 0 aromatic heterocycles. The lowest BCUT2D eigenvalue weighted by atomic mass is 9.84. The topological polar surface area (TPSA) is 54.0 Å². The van der Waals surface area contributed by atoms with Crippen LogP contribution in [-0.4, -0.2) is 80.5 Å². The van der Waals surface area contributed by atoms with Crippen LogP contribution in [0.1, 0.15) is 33.6 Å². The number of nitrogens with zero attached hydrogens (tertiary/aromatic N) is 2. The van der Waals surface area contributed by atoms with E-state index in [4.69, 9.17) is 9.47 Å². The Morgan fingerprint density at radius 3 is 2.48 bits per heavy atom. The first-order valence-corrected chi connectivity index (χ1v) is 8.81. The molecule has 6 heteroatoms. The maximum Gasteiger partial charge on any atom is 0.410 e. The molecular formula is C17H33N3O3. The van der Waals surface area contributed by atoms with Gasteiger partial charge in [0, 0.05) is 39.3 Å². The predicted molar refractivity (Wildman–Crippen MR) is 90.6 cm³/mol. The van der Waals surface area contributed by atoms with Crippen LogP contribution in [0.25, 0.3) is 0 Å². The third-order valence-electron chi connectivity index (χ3n) is 4.66. The van der Waals surface area contributed by atoms with Crippen molar-refractivity contribution < 1.29 is 14.3 Å². The predicted octanol–water partition coefficient (Wildman–Crippen LogP) is 1.55. The molecule has 1 atom stereocenters. The summed E-state index contributed by atoms with van der Waals surface area (Å²) in [7, 11) is 1.65. The van der Waals surface area contributed by atoms with Gasteiger partial charge in [0.1, 0.15) is 5.60 Å². The zero-order valence-corrected chi connectivity index (χ0v) is 15.1. The van der Waals surface area contributed by atoms with Crippen LogP contribution < -0.4 is 5.32 Å². The van der Waals surface area contributed by atoms with E-state index in [-0.39, 0.29) is 6.09 Å². The fraction of sp³-hybridized carbons (Fsp3) is 0.941. The highest BCUT2D eigenvalue weighted by molar-refractivity contribution is 5.68. The molecule has 3 aliphatic heterocycles. The van der Waals surface area contributed by atoms with Crippen LogP contribution in [0.15, 0.2) is 0 Å². The first-order chi connectivity index (χ1) is 10.9. The molecule has 3 aliphatic rings. The number of methoxy groups -OCH3 is 1. The van der Waals surface area contributed by atoms with Crippen molar-refractivity contribution in [2.24, 2.45) is 5.92 Å². The largest absolute Gasteiger partial charge is 0.444 e. The third kappa shape index (κ3) is 5.94. The molecule has 0 saturated carbocycles. The first-order valence-electron chi connectivity index (χ1n) is 8.81. The van der Waals surface area contributed by atoms with Gasteiger partial charge in [-0.1, -0.05) is 0 Å². The Bertz CT molecular complexity index is 376. The summed E-state index contributed by atoms with van der Waals surface area (Å²) in [5, 5.41) is 3.65. The number of fused-ring (bicyclic) bond motifs is 3. The van der Waals surface area contributed by atoms with Crippen molar-refractivity contribution in [2.45, 2.75) is 45.3 Å². The molecule has 134 valence electrons. The number of hydrogen-bond acceptors (Lipinski definition) is 5. The first kappa shape index (κ1) is 18.5. The molecule has 3 heterocycles. The summed E-state index contributed by atoms with van der Waals surface area (Å²) < 4.78 is 10.6. The molecule has 1 amide bonds. The second-order valence-electron chi connectivity index (χ2n) is 7.66. The van der Waals surface area contributed by atoms with E-state index < -0.39 is 5.60 Å². The smallest absolute Gasteiger partial charge is 0.410 e. The minimum atomic E-state index is -0.467. The molecule has 0 aromatic rings. The quantitative estimate of drug-likeness (QED) is 0.769. The minimum absolute atomic E-state index is 0.259. The van der Waals surface area contributed by atoms with Crippen molar-refractivity contribution in [3.63, 3.8) is 0 Å². The van der Waals surface area contributed by atoms with Gasteiger partial charge in [-0.15, -0.1) is 0 Å². The Hall–Kier alpha value is -0.850. The molecular weight excluding hydrogens is 294 g/mol. The van der Waals surface area contributed by atoms with E-state index >= 15 is 0 Å². The molecule has 3 saturated heterocycles. The van der Waals surface area contributed by atoms with Crippen molar-refractivity contribution in [2.75, 3.05) is 53.0 Å². The van der Waals surface area contributed by atoms with Crippen LogP contribution in [0.5, 0.6) is 0 Å². The van der Waals surface area contributed by atoms with Gasteiger partial charge in [0.25, 0.3) is 0 Å². The van der Waals surface area contributed by atoms with Gasteiger partial charge in [-0.25, -0.2) is 4.79 Å². The molecule has 0 aliphatic carbocycles. The molecule has 0 aromatic carbocycles. The number of piperidine rings is 3. The van der Waals surface area contributed by atoms with E-state index in [1.54, 1.807) is 12.0 Å². The lowest BCUT2D eigenvalue weighted by Gasteiger charge is -2.45. The van der Waals surface area contributed by atoms with E-state index in [0.717, 1.165) is 19.0 Å². The van der Waals surface area contributed by atoms with E-state index in [1.807, 2.05) is 20.8 Å². The summed E-state index contributed by atoms with van der Waals surface area (Å²) in [5.74, 6) is 0.800. The minimum Gasteiger partial charge on any atom is -0.444 e. The third-order valence-corrected chi connectivity index (χ3v) is 4.66. The molecule has 1 unspecified atom stereocenters. The summed E-state index contributed by atoms with van der Waals surface area (Å²) in [4.78, 5) is 16.6. The summed E-state index contributed by atoms with van der Waals surface area (Å²) in [5.41, 5.74) is -0.467. The number of rotatable bonds is 7. The molecule has 3 rings (SSSR count). The molecule has 23 heavy (non-hydrogen) atoms. The van der Waals surface area contributed by atoms with Gasteiger partial charge in [-0.2, -0.15) is 0 Å². The maximum absolute atomic E-state index is 12.3. The van der Waals surface area contributed by atoms with Crippen LogP contribution in [-0.2, 0) is 9.47 Å². The van der Waals surface area contributed by atoms with Gasteiger partial charge in [-0.05, 0) is 52.6 Å². The van der Waals surface area contributed by atoms with Crippen LogP contribution in [0.2, 0.25) is 0 Å². The van der Waals surface area contributed by atoms with Crippen LogP contribution in [0.4, 0.5) is 4.79 Å². The standard InChI is InChI=1S/C17H33N3O3/c1-17(2,3)23-16(21)20(11-12-22-4)10-7-18-15-13-19-8-5-14(15)6-9-19/h14-15,18H,5-13H2,1-4H3. The van der Waals surface area contributed by atoms with Crippen molar-refractivity contribution >= 4 is 6.09 Å². The van der Waals surface area contributed by atoms with E-state index in [2.05, 4.69) is 10.2 Å². The second kappa shape index (κ2) is 8.31. The van der Waals surface area contributed by atoms with E-state index in [9.17, 15) is 4.79 Å². The van der Waals surface area contributed by atoms with Gasteiger partial charge in [0.2, 0.25) is 0 Å². The lowest BCUT2D eigenvalue weighted by molar-refractivity contribution is 0.0192.